The maximum atomic E-state index is 13.8. The summed E-state index contributed by atoms with van der Waals surface area (Å²) in [5.74, 6) is -1.42. The van der Waals surface area contributed by atoms with Gasteiger partial charge in [0.1, 0.15) is 10.7 Å². The standard InChI is InChI=1S/C14H19FN2O4S/c1-10-2-3-11(15)12(8-10)22(19,20)17-9-14(13(16)18)4-6-21-7-5-14/h2-3,8,17H,4-7,9H2,1H3,(H2,16,18). The highest BCUT2D eigenvalue weighted by molar-refractivity contribution is 7.89. The van der Waals surface area contributed by atoms with E-state index in [-0.39, 0.29) is 6.54 Å². The Balaban J connectivity index is 2.21. The largest absolute Gasteiger partial charge is 0.381 e. The normalized spacial score (nSPS) is 18.1. The second kappa shape index (κ2) is 6.31. The summed E-state index contributed by atoms with van der Waals surface area (Å²) in [7, 11) is -4.06. The van der Waals surface area contributed by atoms with Crippen molar-refractivity contribution in [1.82, 2.24) is 4.72 Å². The molecule has 0 aliphatic carbocycles. The fourth-order valence-electron chi connectivity index (χ4n) is 2.40. The van der Waals surface area contributed by atoms with Gasteiger partial charge in [0.25, 0.3) is 0 Å². The average Bonchev–Trinajstić information content (AvgIpc) is 2.48. The van der Waals surface area contributed by atoms with Gasteiger partial charge in [-0.25, -0.2) is 17.5 Å². The monoisotopic (exact) mass is 330 g/mol. The molecular formula is C14H19FN2O4S. The van der Waals surface area contributed by atoms with Crippen molar-refractivity contribution in [3.63, 3.8) is 0 Å². The van der Waals surface area contributed by atoms with E-state index in [0.29, 0.717) is 31.6 Å². The van der Waals surface area contributed by atoms with Crippen LogP contribution in [0.15, 0.2) is 23.1 Å². The summed E-state index contributed by atoms with van der Waals surface area (Å²) in [5.41, 5.74) is 5.05. The summed E-state index contributed by atoms with van der Waals surface area (Å²) in [6, 6.07) is 3.83. The summed E-state index contributed by atoms with van der Waals surface area (Å²) in [6.07, 6.45) is 0.669. The van der Waals surface area contributed by atoms with Crippen LogP contribution in [0, 0.1) is 18.2 Å². The minimum Gasteiger partial charge on any atom is -0.381 e. The van der Waals surface area contributed by atoms with Crippen molar-refractivity contribution >= 4 is 15.9 Å². The van der Waals surface area contributed by atoms with Crippen LogP contribution in [0.2, 0.25) is 0 Å². The zero-order valence-corrected chi connectivity index (χ0v) is 13.1. The van der Waals surface area contributed by atoms with E-state index >= 15 is 0 Å². The number of carbonyl (C=O) groups excluding carboxylic acids is 1. The minimum absolute atomic E-state index is 0.165. The van der Waals surface area contributed by atoms with E-state index in [1.165, 1.54) is 12.1 Å². The van der Waals surface area contributed by atoms with Gasteiger partial charge in [0.2, 0.25) is 15.9 Å². The Bertz CT molecular complexity index is 669. The van der Waals surface area contributed by atoms with Crippen LogP contribution in [0.4, 0.5) is 4.39 Å². The fourth-order valence-corrected chi connectivity index (χ4v) is 3.69. The molecule has 6 nitrogen and oxygen atoms in total. The van der Waals surface area contributed by atoms with Crippen LogP contribution in [0.1, 0.15) is 18.4 Å². The number of hydrogen-bond acceptors (Lipinski definition) is 4. The molecule has 0 atom stereocenters. The van der Waals surface area contributed by atoms with Crippen molar-refractivity contribution in [2.45, 2.75) is 24.7 Å². The molecule has 1 heterocycles. The van der Waals surface area contributed by atoms with E-state index in [1.54, 1.807) is 6.92 Å². The first-order chi connectivity index (χ1) is 10.3. The van der Waals surface area contributed by atoms with Crippen LogP contribution in [0.5, 0.6) is 0 Å². The van der Waals surface area contributed by atoms with Gasteiger partial charge in [0.15, 0.2) is 0 Å². The number of hydrogen-bond donors (Lipinski definition) is 2. The van der Waals surface area contributed by atoms with Gasteiger partial charge in [-0.15, -0.1) is 0 Å². The Labute approximate surface area is 128 Å². The van der Waals surface area contributed by atoms with E-state index < -0.39 is 32.1 Å². The number of halogens is 1. The molecule has 22 heavy (non-hydrogen) atoms. The van der Waals surface area contributed by atoms with Crippen LogP contribution >= 0.6 is 0 Å². The molecule has 0 unspecified atom stereocenters. The van der Waals surface area contributed by atoms with Crippen molar-refractivity contribution in [2.75, 3.05) is 19.8 Å². The summed E-state index contributed by atoms with van der Waals surface area (Å²) < 4.78 is 45.8. The van der Waals surface area contributed by atoms with E-state index in [1.807, 2.05) is 0 Å². The van der Waals surface area contributed by atoms with Gasteiger partial charge in [-0.05, 0) is 37.5 Å². The number of nitrogens with one attached hydrogen (secondary N) is 1. The number of ether oxygens (including phenoxy) is 1. The Hall–Kier alpha value is -1.51. The van der Waals surface area contributed by atoms with E-state index in [2.05, 4.69) is 4.72 Å². The minimum atomic E-state index is -4.06. The van der Waals surface area contributed by atoms with Gasteiger partial charge >= 0.3 is 0 Å². The van der Waals surface area contributed by atoms with Crippen LogP contribution in [0.25, 0.3) is 0 Å². The van der Waals surface area contributed by atoms with Crippen LogP contribution in [0.3, 0.4) is 0 Å². The fraction of sp³-hybridized carbons (Fsp3) is 0.500. The maximum Gasteiger partial charge on any atom is 0.243 e. The second-order valence-electron chi connectivity index (χ2n) is 5.52. The van der Waals surface area contributed by atoms with Crippen molar-refractivity contribution in [3.05, 3.63) is 29.6 Å². The molecule has 122 valence electrons. The zero-order chi connectivity index (χ0) is 16.4. The number of carbonyl (C=O) groups is 1. The average molecular weight is 330 g/mol. The van der Waals surface area contributed by atoms with Gasteiger partial charge in [0, 0.05) is 19.8 Å². The van der Waals surface area contributed by atoms with Crippen molar-refractivity contribution in [1.29, 1.82) is 0 Å². The summed E-state index contributed by atoms with van der Waals surface area (Å²) >= 11 is 0. The van der Waals surface area contributed by atoms with Crippen LogP contribution in [-0.4, -0.2) is 34.1 Å². The van der Waals surface area contributed by atoms with Crippen LogP contribution in [-0.2, 0) is 19.6 Å². The maximum absolute atomic E-state index is 13.8. The molecule has 1 aromatic carbocycles. The number of sulfonamides is 1. The second-order valence-corrected chi connectivity index (χ2v) is 7.25. The quantitative estimate of drug-likeness (QED) is 0.830. The zero-order valence-electron chi connectivity index (χ0n) is 12.3. The van der Waals surface area contributed by atoms with Gasteiger partial charge in [-0.2, -0.15) is 0 Å². The molecule has 1 aliphatic heterocycles. The topological polar surface area (TPSA) is 98.5 Å². The number of rotatable bonds is 5. The smallest absolute Gasteiger partial charge is 0.243 e. The summed E-state index contributed by atoms with van der Waals surface area (Å²) in [6.45, 7) is 2.18. The first-order valence-corrected chi connectivity index (χ1v) is 8.39. The molecule has 8 heteroatoms. The predicted octanol–water partition coefficient (Wildman–Crippen LogP) is 0.695. The summed E-state index contributed by atoms with van der Waals surface area (Å²) in [4.78, 5) is 11.3. The molecule has 0 spiro atoms. The number of amides is 1. The van der Waals surface area contributed by atoms with Crippen molar-refractivity contribution < 1.29 is 22.3 Å². The lowest BCUT2D eigenvalue weighted by Gasteiger charge is -2.34. The van der Waals surface area contributed by atoms with Gasteiger partial charge < -0.3 is 10.5 Å². The number of aryl methyl sites for hydroxylation is 1. The molecule has 0 radical (unpaired) electrons. The Morgan fingerprint density at radius 3 is 2.64 bits per heavy atom. The van der Waals surface area contributed by atoms with Gasteiger partial charge in [-0.1, -0.05) is 6.07 Å². The lowest BCUT2D eigenvalue weighted by molar-refractivity contribution is -0.132. The van der Waals surface area contributed by atoms with Crippen molar-refractivity contribution in [3.8, 4) is 0 Å². The van der Waals surface area contributed by atoms with Gasteiger partial charge in [-0.3, -0.25) is 4.79 Å². The molecule has 0 aromatic heterocycles. The third-order valence-corrected chi connectivity index (χ3v) is 5.37. The number of benzene rings is 1. The molecule has 1 aliphatic rings. The first-order valence-electron chi connectivity index (χ1n) is 6.90. The third kappa shape index (κ3) is 3.45. The third-order valence-electron chi connectivity index (χ3n) is 3.95. The van der Waals surface area contributed by atoms with Gasteiger partial charge in [0.05, 0.1) is 5.41 Å². The summed E-state index contributed by atoms with van der Waals surface area (Å²) in [5, 5.41) is 0. The molecule has 3 N–H and O–H groups in total. The molecule has 0 bridgehead atoms. The Morgan fingerprint density at radius 1 is 1.41 bits per heavy atom. The Kier molecular flexibility index (Phi) is 4.84. The molecular weight excluding hydrogens is 311 g/mol. The highest BCUT2D eigenvalue weighted by Crippen LogP contribution is 2.30. The van der Waals surface area contributed by atoms with E-state index in [4.69, 9.17) is 10.5 Å². The van der Waals surface area contributed by atoms with Crippen LogP contribution < -0.4 is 10.5 Å². The molecule has 1 amide bonds. The lowest BCUT2D eigenvalue weighted by atomic mass is 9.80. The first kappa shape index (κ1) is 16.9. The highest BCUT2D eigenvalue weighted by atomic mass is 32.2. The molecule has 1 saturated heterocycles. The number of nitrogens with two attached hydrogens (primary N) is 1. The SMILES string of the molecule is Cc1ccc(F)c(S(=O)(=O)NCC2(C(N)=O)CCOCC2)c1. The highest BCUT2D eigenvalue weighted by Gasteiger charge is 2.39. The molecule has 1 fully saturated rings. The Morgan fingerprint density at radius 2 is 2.05 bits per heavy atom. The molecule has 1 aromatic rings. The molecule has 2 rings (SSSR count). The van der Waals surface area contributed by atoms with Crippen molar-refractivity contribution in [2.24, 2.45) is 11.1 Å². The molecule has 0 saturated carbocycles. The number of primary amides is 1. The van der Waals surface area contributed by atoms with E-state index in [9.17, 15) is 17.6 Å². The van der Waals surface area contributed by atoms with E-state index in [0.717, 1.165) is 6.07 Å². The predicted molar refractivity (Wildman–Crippen MR) is 78.0 cm³/mol. The lowest BCUT2D eigenvalue weighted by Crippen LogP contribution is -2.49.